The highest BCUT2D eigenvalue weighted by Gasteiger charge is 2.19. The minimum absolute atomic E-state index is 0.585. The van der Waals surface area contributed by atoms with Crippen molar-refractivity contribution in [3.05, 3.63) is 41.0 Å². The second kappa shape index (κ2) is 6.89. The van der Waals surface area contributed by atoms with E-state index >= 15 is 0 Å². The van der Waals surface area contributed by atoms with Crippen molar-refractivity contribution >= 4 is 5.82 Å². The van der Waals surface area contributed by atoms with E-state index in [-0.39, 0.29) is 0 Å². The fraction of sp³-hybridized carbons (Fsp3) is 0.438. The average Bonchev–Trinajstić information content (AvgIpc) is 3.04. The molecule has 0 aliphatic rings. The van der Waals surface area contributed by atoms with Crippen molar-refractivity contribution in [2.75, 3.05) is 11.4 Å². The highest BCUT2D eigenvalue weighted by atomic mass is 16.3. The van der Waals surface area contributed by atoms with Gasteiger partial charge in [-0.05, 0) is 37.5 Å². The van der Waals surface area contributed by atoms with Gasteiger partial charge >= 0.3 is 0 Å². The van der Waals surface area contributed by atoms with Crippen molar-refractivity contribution in [3.8, 4) is 6.07 Å². The van der Waals surface area contributed by atoms with Gasteiger partial charge < -0.3 is 9.32 Å². The summed E-state index contributed by atoms with van der Waals surface area (Å²) in [5, 5.41) is 18.1. The smallest absolute Gasteiger partial charge is 0.169 e. The number of furan rings is 1. The lowest BCUT2D eigenvalue weighted by Gasteiger charge is -2.22. The summed E-state index contributed by atoms with van der Waals surface area (Å²) in [6, 6.07) is 6.09. The minimum Gasteiger partial charge on any atom is -0.467 e. The van der Waals surface area contributed by atoms with E-state index in [9.17, 15) is 5.26 Å². The molecule has 0 spiro atoms. The van der Waals surface area contributed by atoms with Crippen LogP contribution in [0.4, 0.5) is 5.82 Å². The summed E-state index contributed by atoms with van der Waals surface area (Å²) in [5.74, 6) is 1.49. The Morgan fingerprint density at radius 3 is 2.57 bits per heavy atom. The molecule has 0 bridgehead atoms. The van der Waals surface area contributed by atoms with E-state index in [1.165, 1.54) is 0 Å². The number of nitrogens with zero attached hydrogens (tertiary/aromatic N) is 4. The van der Waals surface area contributed by atoms with E-state index in [1.54, 1.807) is 6.26 Å². The quantitative estimate of drug-likeness (QED) is 0.815. The molecule has 0 amide bonds. The fourth-order valence-electron chi connectivity index (χ4n) is 2.43. The van der Waals surface area contributed by atoms with E-state index < -0.39 is 0 Å². The predicted molar refractivity (Wildman–Crippen MR) is 80.9 cm³/mol. The first-order valence-corrected chi connectivity index (χ1v) is 7.30. The van der Waals surface area contributed by atoms with Gasteiger partial charge in [0.1, 0.15) is 17.4 Å². The number of rotatable bonds is 6. The van der Waals surface area contributed by atoms with Crippen LogP contribution in [0.2, 0.25) is 0 Å². The Morgan fingerprint density at radius 1 is 1.24 bits per heavy atom. The minimum atomic E-state index is 0.585. The third kappa shape index (κ3) is 3.05. The van der Waals surface area contributed by atoms with Crippen LogP contribution in [0.3, 0.4) is 0 Å². The van der Waals surface area contributed by atoms with Gasteiger partial charge in [-0.1, -0.05) is 13.8 Å². The van der Waals surface area contributed by atoms with Gasteiger partial charge in [0, 0.05) is 6.54 Å². The number of aryl methyl sites for hydroxylation is 1. The topological polar surface area (TPSA) is 66.0 Å². The molecule has 0 atom stereocenters. The highest BCUT2D eigenvalue weighted by Crippen LogP contribution is 2.24. The predicted octanol–water partition coefficient (Wildman–Crippen LogP) is 3.09. The van der Waals surface area contributed by atoms with E-state index in [1.807, 2.05) is 37.8 Å². The maximum Gasteiger partial charge on any atom is 0.169 e. The van der Waals surface area contributed by atoms with Crippen molar-refractivity contribution in [3.63, 3.8) is 0 Å². The second-order valence-corrected chi connectivity index (χ2v) is 4.74. The number of hydrogen-bond acceptors (Lipinski definition) is 5. The lowest BCUT2D eigenvalue weighted by molar-refractivity contribution is 0.502. The Hall–Kier alpha value is -2.35. The third-order valence-electron chi connectivity index (χ3n) is 3.55. The first-order chi connectivity index (χ1) is 10.2. The van der Waals surface area contributed by atoms with E-state index in [0.717, 1.165) is 36.4 Å². The van der Waals surface area contributed by atoms with Crippen LogP contribution in [-0.2, 0) is 19.4 Å². The van der Waals surface area contributed by atoms with Crippen LogP contribution in [0.15, 0.2) is 22.8 Å². The molecule has 0 saturated heterocycles. The SMILES string of the molecule is CCc1nnc(N(CC)Cc2ccco2)c(C#N)c1CC. The van der Waals surface area contributed by atoms with Crippen molar-refractivity contribution in [2.45, 2.75) is 40.2 Å². The van der Waals surface area contributed by atoms with Gasteiger partial charge in [0.25, 0.3) is 0 Å². The van der Waals surface area contributed by atoms with Gasteiger partial charge in [-0.15, -0.1) is 5.10 Å². The molecule has 2 rings (SSSR count). The normalized spacial score (nSPS) is 10.4. The zero-order chi connectivity index (χ0) is 15.2. The molecule has 5 heteroatoms. The first kappa shape index (κ1) is 15.0. The summed E-state index contributed by atoms with van der Waals surface area (Å²) in [7, 11) is 0. The molecule has 0 saturated carbocycles. The largest absolute Gasteiger partial charge is 0.467 e. The van der Waals surface area contributed by atoms with Gasteiger partial charge in [-0.25, -0.2) is 0 Å². The van der Waals surface area contributed by atoms with Crippen LogP contribution in [0.5, 0.6) is 0 Å². The van der Waals surface area contributed by atoms with Crippen LogP contribution in [0.25, 0.3) is 0 Å². The first-order valence-electron chi connectivity index (χ1n) is 7.30. The molecular formula is C16H20N4O. The Balaban J connectivity index is 2.44. The van der Waals surface area contributed by atoms with Gasteiger partial charge in [-0.2, -0.15) is 10.4 Å². The zero-order valence-corrected chi connectivity index (χ0v) is 12.8. The summed E-state index contributed by atoms with van der Waals surface area (Å²) in [4.78, 5) is 2.02. The zero-order valence-electron chi connectivity index (χ0n) is 12.8. The standard InChI is InChI=1S/C16H20N4O/c1-4-13-14(10-17)16(19-18-15(13)5-2)20(6-3)11-12-8-7-9-21-12/h7-9H,4-6,11H2,1-3H3. The monoisotopic (exact) mass is 284 g/mol. The number of anilines is 1. The van der Waals surface area contributed by atoms with Crippen LogP contribution in [-0.4, -0.2) is 16.7 Å². The average molecular weight is 284 g/mol. The Morgan fingerprint density at radius 2 is 2.05 bits per heavy atom. The maximum atomic E-state index is 9.55. The van der Waals surface area contributed by atoms with Crippen LogP contribution < -0.4 is 4.90 Å². The summed E-state index contributed by atoms with van der Waals surface area (Å²) in [6.45, 7) is 7.43. The lowest BCUT2D eigenvalue weighted by Crippen LogP contribution is -2.25. The molecule has 21 heavy (non-hydrogen) atoms. The summed E-state index contributed by atoms with van der Waals surface area (Å²) < 4.78 is 5.39. The van der Waals surface area contributed by atoms with Crippen molar-refractivity contribution in [1.29, 1.82) is 5.26 Å². The van der Waals surface area contributed by atoms with E-state index in [0.29, 0.717) is 17.9 Å². The van der Waals surface area contributed by atoms with Crippen molar-refractivity contribution in [1.82, 2.24) is 10.2 Å². The maximum absolute atomic E-state index is 9.55. The van der Waals surface area contributed by atoms with Crippen LogP contribution >= 0.6 is 0 Å². The van der Waals surface area contributed by atoms with Gasteiger partial charge in [0.2, 0.25) is 0 Å². The van der Waals surface area contributed by atoms with Gasteiger partial charge in [0.15, 0.2) is 5.82 Å². The third-order valence-corrected chi connectivity index (χ3v) is 3.55. The van der Waals surface area contributed by atoms with Crippen molar-refractivity contribution < 1.29 is 4.42 Å². The van der Waals surface area contributed by atoms with Crippen LogP contribution in [0.1, 0.15) is 43.4 Å². The lowest BCUT2D eigenvalue weighted by atomic mass is 10.0. The molecule has 0 aliphatic heterocycles. The Labute approximate surface area is 125 Å². The molecular weight excluding hydrogens is 264 g/mol. The molecule has 0 radical (unpaired) electrons. The summed E-state index contributed by atoms with van der Waals surface area (Å²) >= 11 is 0. The molecule has 0 N–H and O–H groups in total. The molecule has 0 aliphatic carbocycles. The molecule has 0 aromatic carbocycles. The van der Waals surface area contributed by atoms with Gasteiger partial charge in [-0.3, -0.25) is 0 Å². The summed E-state index contributed by atoms with van der Waals surface area (Å²) in [6.07, 6.45) is 3.22. The Bertz CT molecular complexity index is 628. The van der Waals surface area contributed by atoms with E-state index in [4.69, 9.17) is 4.42 Å². The molecule has 2 aromatic heterocycles. The molecule has 110 valence electrons. The molecule has 0 unspecified atom stereocenters. The molecule has 0 fully saturated rings. The fourth-order valence-corrected chi connectivity index (χ4v) is 2.43. The second-order valence-electron chi connectivity index (χ2n) is 4.74. The number of aromatic nitrogens is 2. The molecule has 2 heterocycles. The van der Waals surface area contributed by atoms with Gasteiger partial charge in [0.05, 0.1) is 18.5 Å². The van der Waals surface area contributed by atoms with Crippen molar-refractivity contribution in [2.24, 2.45) is 0 Å². The Kier molecular flexibility index (Phi) is 4.94. The summed E-state index contributed by atoms with van der Waals surface area (Å²) in [5.41, 5.74) is 2.55. The highest BCUT2D eigenvalue weighted by molar-refractivity contribution is 5.58. The molecule has 2 aromatic rings. The molecule has 5 nitrogen and oxygen atoms in total. The van der Waals surface area contributed by atoms with E-state index in [2.05, 4.69) is 16.3 Å². The number of nitriles is 1. The van der Waals surface area contributed by atoms with Crippen LogP contribution in [0, 0.1) is 11.3 Å². The number of hydrogen-bond donors (Lipinski definition) is 0.